The zero-order valence-corrected chi connectivity index (χ0v) is 19.5. The summed E-state index contributed by atoms with van der Waals surface area (Å²) >= 11 is 0. The quantitative estimate of drug-likeness (QED) is 0.386. The van der Waals surface area contributed by atoms with E-state index in [9.17, 15) is 20.0 Å². The molecule has 2 fully saturated rings. The summed E-state index contributed by atoms with van der Waals surface area (Å²) in [6.07, 6.45) is 6.52. The van der Waals surface area contributed by atoms with Crippen LogP contribution in [-0.2, 0) is 11.8 Å². The lowest BCUT2D eigenvalue weighted by Gasteiger charge is -2.59. The molecule has 0 aromatic heterocycles. The van der Waals surface area contributed by atoms with Crippen molar-refractivity contribution in [2.45, 2.75) is 50.0 Å². The molecule has 0 radical (unpaired) electrons. The molecule has 0 unspecified atom stereocenters. The minimum Gasteiger partial charge on any atom is -0.508 e. The Bertz CT molecular complexity index is 1090. The lowest BCUT2D eigenvalue weighted by molar-refractivity contribution is -0.385. The number of carbonyl (C=O) groups excluding carboxylic acids is 1. The topological polar surface area (TPSA) is 92.9 Å². The van der Waals surface area contributed by atoms with Crippen molar-refractivity contribution in [3.8, 4) is 11.5 Å². The molecule has 2 aromatic carbocycles. The number of aromatic hydroxyl groups is 1. The van der Waals surface area contributed by atoms with Gasteiger partial charge in [-0.15, -0.1) is 12.4 Å². The number of likely N-dealkylation sites (tertiary alicyclic amines) is 1. The molecule has 3 aliphatic rings. The Morgan fingerprint density at radius 2 is 2.06 bits per heavy atom. The first-order valence-electron chi connectivity index (χ1n) is 11.3. The predicted molar refractivity (Wildman–Crippen MR) is 127 cm³/mol. The lowest BCUT2D eigenvalue weighted by atomic mass is 9.52. The molecule has 0 amide bonds. The fourth-order valence-corrected chi connectivity index (χ4v) is 6.55. The SMILES string of the molecule is COc1ccc(C(=O)CN2CC[C@]34CCCC[C@H]3[C@@H]2Cc2ccc(O)cc24)cc1[N+](=O)[O-].Cl. The van der Waals surface area contributed by atoms with Gasteiger partial charge in [0.2, 0.25) is 0 Å². The summed E-state index contributed by atoms with van der Waals surface area (Å²) in [5.41, 5.74) is 2.85. The van der Waals surface area contributed by atoms with E-state index >= 15 is 0 Å². The van der Waals surface area contributed by atoms with Crippen LogP contribution in [0.15, 0.2) is 36.4 Å². The van der Waals surface area contributed by atoms with Crippen molar-refractivity contribution in [2.75, 3.05) is 20.2 Å². The normalized spacial score (nSPS) is 25.8. The predicted octanol–water partition coefficient (Wildman–Crippen LogP) is 4.67. The summed E-state index contributed by atoms with van der Waals surface area (Å²) in [5.74, 6) is 0.858. The number of nitrogens with zero attached hydrogens (tertiary/aromatic N) is 2. The maximum atomic E-state index is 13.2. The van der Waals surface area contributed by atoms with Crippen LogP contribution in [0.25, 0.3) is 0 Å². The number of hydrogen-bond acceptors (Lipinski definition) is 6. The fourth-order valence-electron chi connectivity index (χ4n) is 6.55. The van der Waals surface area contributed by atoms with Gasteiger partial charge in [-0.1, -0.05) is 18.9 Å². The molecule has 176 valence electrons. The summed E-state index contributed by atoms with van der Waals surface area (Å²) in [5, 5.41) is 21.5. The average molecular weight is 473 g/mol. The van der Waals surface area contributed by atoms with Crippen LogP contribution in [0.1, 0.15) is 53.6 Å². The third-order valence-corrected chi connectivity index (χ3v) is 7.98. The number of hydrogen-bond donors (Lipinski definition) is 1. The first-order valence-corrected chi connectivity index (χ1v) is 11.3. The molecule has 33 heavy (non-hydrogen) atoms. The van der Waals surface area contributed by atoms with Crippen LogP contribution in [0.5, 0.6) is 11.5 Å². The smallest absolute Gasteiger partial charge is 0.311 e. The number of halogens is 1. The molecular formula is C25H29ClN2O5. The van der Waals surface area contributed by atoms with Crippen LogP contribution < -0.4 is 4.74 Å². The lowest BCUT2D eigenvalue weighted by Crippen LogP contribution is -2.61. The summed E-state index contributed by atoms with van der Waals surface area (Å²) in [7, 11) is 1.38. The highest BCUT2D eigenvalue weighted by Gasteiger charge is 2.53. The van der Waals surface area contributed by atoms with Crippen molar-refractivity contribution in [1.82, 2.24) is 4.90 Å². The van der Waals surface area contributed by atoms with Crippen molar-refractivity contribution in [2.24, 2.45) is 5.92 Å². The maximum absolute atomic E-state index is 13.2. The van der Waals surface area contributed by atoms with Gasteiger partial charge in [-0.3, -0.25) is 19.8 Å². The number of fused-ring (bicyclic) bond motifs is 1. The summed E-state index contributed by atoms with van der Waals surface area (Å²) in [6, 6.07) is 10.5. The number of phenolic OH excluding ortho intramolecular Hbond substituents is 1. The highest BCUT2D eigenvalue weighted by molar-refractivity contribution is 5.98. The molecule has 2 aliphatic carbocycles. The third-order valence-electron chi connectivity index (χ3n) is 7.98. The molecule has 2 aromatic rings. The summed E-state index contributed by atoms with van der Waals surface area (Å²) in [4.78, 5) is 26.3. The molecule has 0 spiro atoms. The van der Waals surface area contributed by atoms with Crippen LogP contribution in [0.2, 0.25) is 0 Å². The van der Waals surface area contributed by atoms with Crippen LogP contribution in [-0.4, -0.2) is 47.0 Å². The molecule has 1 aliphatic heterocycles. The van der Waals surface area contributed by atoms with E-state index in [1.165, 1.54) is 43.2 Å². The second kappa shape index (κ2) is 8.95. The highest BCUT2D eigenvalue weighted by atomic mass is 35.5. The number of methoxy groups -OCH3 is 1. The Morgan fingerprint density at radius 3 is 2.82 bits per heavy atom. The minimum absolute atomic E-state index is 0. The van der Waals surface area contributed by atoms with E-state index in [0.29, 0.717) is 17.2 Å². The van der Waals surface area contributed by atoms with E-state index in [1.807, 2.05) is 12.1 Å². The third kappa shape index (κ3) is 3.87. The number of benzene rings is 2. The Labute approximate surface area is 199 Å². The van der Waals surface area contributed by atoms with Gasteiger partial charge in [-0.2, -0.15) is 0 Å². The van der Waals surface area contributed by atoms with Gasteiger partial charge < -0.3 is 9.84 Å². The molecule has 2 bridgehead atoms. The fraction of sp³-hybridized carbons (Fsp3) is 0.480. The first kappa shape index (κ1) is 23.5. The molecule has 7 nitrogen and oxygen atoms in total. The van der Waals surface area contributed by atoms with E-state index in [-0.39, 0.29) is 47.6 Å². The van der Waals surface area contributed by atoms with Crippen molar-refractivity contribution in [3.63, 3.8) is 0 Å². The highest BCUT2D eigenvalue weighted by Crippen LogP contribution is 2.56. The van der Waals surface area contributed by atoms with Gasteiger partial charge in [0.15, 0.2) is 11.5 Å². The second-order valence-electron chi connectivity index (χ2n) is 9.41. The molecule has 3 atom stereocenters. The van der Waals surface area contributed by atoms with Gasteiger partial charge in [0, 0.05) is 23.1 Å². The zero-order valence-electron chi connectivity index (χ0n) is 18.7. The maximum Gasteiger partial charge on any atom is 0.311 e. The number of piperidine rings is 1. The van der Waals surface area contributed by atoms with Crippen molar-refractivity contribution < 1.29 is 19.6 Å². The first-order chi connectivity index (χ1) is 15.4. The molecular weight excluding hydrogens is 444 g/mol. The van der Waals surface area contributed by atoms with Crippen LogP contribution >= 0.6 is 12.4 Å². The number of Topliss-reactive ketones (excluding diaryl/α,β-unsaturated/α-hetero) is 1. The number of carbonyl (C=O) groups is 1. The van der Waals surface area contributed by atoms with E-state index in [1.54, 1.807) is 12.1 Å². The van der Waals surface area contributed by atoms with Gasteiger partial charge >= 0.3 is 5.69 Å². The Kier molecular flexibility index (Phi) is 6.38. The minimum atomic E-state index is -0.514. The molecule has 1 saturated heterocycles. The van der Waals surface area contributed by atoms with Crippen molar-refractivity contribution in [1.29, 1.82) is 0 Å². The Hall–Kier alpha value is -2.64. The van der Waals surface area contributed by atoms with E-state index in [4.69, 9.17) is 4.74 Å². The van der Waals surface area contributed by atoms with Crippen molar-refractivity contribution >= 4 is 23.9 Å². The van der Waals surface area contributed by atoms with Crippen molar-refractivity contribution in [3.05, 3.63) is 63.2 Å². The Morgan fingerprint density at radius 1 is 1.24 bits per heavy atom. The molecule has 1 heterocycles. The van der Waals surface area contributed by atoms with E-state index < -0.39 is 4.92 Å². The average Bonchev–Trinajstić information content (AvgIpc) is 2.80. The number of ether oxygens (including phenoxy) is 1. The molecule has 1 saturated carbocycles. The van der Waals surface area contributed by atoms with Gasteiger partial charge in [0.25, 0.3) is 0 Å². The zero-order chi connectivity index (χ0) is 22.5. The number of ketones is 1. The molecule has 1 N–H and O–H groups in total. The van der Waals surface area contributed by atoms with Gasteiger partial charge in [0.1, 0.15) is 5.75 Å². The number of rotatable bonds is 5. The monoisotopic (exact) mass is 472 g/mol. The van der Waals surface area contributed by atoms with Crippen LogP contribution in [0, 0.1) is 16.0 Å². The van der Waals surface area contributed by atoms with Gasteiger partial charge in [-0.05, 0) is 73.5 Å². The number of nitro benzene ring substituents is 1. The van der Waals surface area contributed by atoms with E-state index in [2.05, 4.69) is 4.90 Å². The summed E-state index contributed by atoms with van der Waals surface area (Å²) in [6.45, 7) is 1.08. The van der Waals surface area contributed by atoms with Crippen LogP contribution in [0.4, 0.5) is 5.69 Å². The largest absolute Gasteiger partial charge is 0.508 e. The Balaban J connectivity index is 0.00000259. The number of nitro groups is 1. The van der Waals surface area contributed by atoms with E-state index in [0.717, 1.165) is 32.2 Å². The van der Waals surface area contributed by atoms with Gasteiger partial charge in [0.05, 0.1) is 18.6 Å². The second-order valence-corrected chi connectivity index (χ2v) is 9.41. The van der Waals surface area contributed by atoms with Gasteiger partial charge in [-0.25, -0.2) is 0 Å². The van der Waals surface area contributed by atoms with Crippen LogP contribution in [0.3, 0.4) is 0 Å². The number of phenols is 1. The standard InChI is InChI=1S/C25H28N2O5.ClH/c1-32-24-8-6-17(13-22(24)27(30)31)23(29)15-26-11-10-25-9-3-2-4-19(25)21(26)12-16-5-7-18(28)14-20(16)25;/h5-8,13-14,19,21,28H,2-4,9-12,15H2,1H3;1H/t19-,21-,25+;/m0./s1. The summed E-state index contributed by atoms with van der Waals surface area (Å²) < 4.78 is 5.06. The molecule has 5 rings (SSSR count). The molecule has 8 heteroatoms.